The first-order chi connectivity index (χ1) is 8.79. The minimum Gasteiger partial charge on any atom is -0.372 e. The molecule has 2 N–H and O–H groups in total. The van der Waals surface area contributed by atoms with Crippen molar-refractivity contribution < 1.29 is 4.79 Å². The van der Waals surface area contributed by atoms with Crippen LogP contribution in [-0.4, -0.2) is 32.1 Å². The maximum absolute atomic E-state index is 11.5. The van der Waals surface area contributed by atoms with Crippen molar-refractivity contribution >= 4 is 17.3 Å². The second-order valence-corrected chi connectivity index (χ2v) is 4.57. The third-order valence-corrected chi connectivity index (χ3v) is 3.16. The summed E-state index contributed by atoms with van der Waals surface area (Å²) in [4.78, 5) is 13.9. The zero-order chi connectivity index (χ0) is 12.8. The van der Waals surface area contributed by atoms with Gasteiger partial charge in [-0.1, -0.05) is 6.92 Å². The van der Waals surface area contributed by atoms with Gasteiger partial charge in [0.05, 0.1) is 6.54 Å². The molecule has 1 amide bonds. The molecule has 0 bridgehead atoms. The highest BCUT2D eigenvalue weighted by atomic mass is 16.1. The Morgan fingerprint density at radius 3 is 2.50 bits per heavy atom. The summed E-state index contributed by atoms with van der Waals surface area (Å²) in [6, 6.07) is 8.09. The largest absolute Gasteiger partial charge is 0.372 e. The van der Waals surface area contributed by atoms with E-state index in [0.29, 0.717) is 6.54 Å². The standard InChI is InChI=1S/C14H21N3O/c1-2-15-11-14(18)16-12-5-7-13(8-6-12)17-9-3-4-10-17/h5-8,15H,2-4,9-11H2,1H3,(H,16,18). The molecule has 0 aliphatic carbocycles. The van der Waals surface area contributed by atoms with Gasteiger partial charge in [-0.05, 0) is 43.7 Å². The van der Waals surface area contributed by atoms with Gasteiger partial charge in [0.15, 0.2) is 0 Å². The molecule has 0 saturated carbocycles. The van der Waals surface area contributed by atoms with Gasteiger partial charge in [0.25, 0.3) is 0 Å². The Labute approximate surface area is 108 Å². The topological polar surface area (TPSA) is 44.4 Å². The third-order valence-electron chi connectivity index (χ3n) is 3.16. The SMILES string of the molecule is CCNCC(=O)Nc1ccc(N2CCCC2)cc1. The summed E-state index contributed by atoms with van der Waals surface area (Å²) < 4.78 is 0. The normalized spacial score (nSPS) is 14.8. The molecular formula is C14H21N3O. The van der Waals surface area contributed by atoms with E-state index in [-0.39, 0.29) is 5.91 Å². The molecule has 0 spiro atoms. The number of rotatable bonds is 5. The molecule has 2 rings (SSSR count). The van der Waals surface area contributed by atoms with Gasteiger partial charge in [-0.3, -0.25) is 4.79 Å². The fourth-order valence-corrected chi connectivity index (χ4v) is 2.17. The Bertz CT molecular complexity index is 383. The first kappa shape index (κ1) is 12.9. The van der Waals surface area contributed by atoms with Gasteiger partial charge in [-0.25, -0.2) is 0 Å². The molecule has 1 aromatic carbocycles. The Morgan fingerprint density at radius 1 is 1.22 bits per heavy atom. The maximum atomic E-state index is 11.5. The Morgan fingerprint density at radius 2 is 1.89 bits per heavy atom. The highest BCUT2D eigenvalue weighted by Gasteiger charge is 2.11. The number of likely N-dealkylation sites (N-methyl/N-ethyl adjacent to an activating group) is 1. The van der Waals surface area contributed by atoms with Crippen LogP contribution in [0.15, 0.2) is 24.3 Å². The van der Waals surface area contributed by atoms with Crippen LogP contribution < -0.4 is 15.5 Å². The molecule has 1 aromatic rings. The molecule has 18 heavy (non-hydrogen) atoms. The van der Waals surface area contributed by atoms with Crippen molar-refractivity contribution in [1.82, 2.24) is 5.32 Å². The molecule has 1 aliphatic heterocycles. The molecule has 0 aromatic heterocycles. The molecule has 4 nitrogen and oxygen atoms in total. The number of nitrogens with zero attached hydrogens (tertiary/aromatic N) is 1. The highest BCUT2D eigenvalue weighted by molar-refractivity contribution is 5.92. The van der Waals surface area contributed by atoms with E-state index < -0.39 is 0 Å². The van der Waals surface area contributed by atoms with Gasteiger partial charge in [-0.2, -0.15) is 0 Å². The molecule has 98 valence electrons. The van der Waals surface area contributed by atoms with E-state index in [1.54, 1.807) is 0 Å². The van der Waals surface area contributed by atoms with Gasteiger partial charge in [0.1, 0.15) is 0 Å². The van der Waals surface area contributed by atoms with E-state index >= 15 is 0 Å². The molecule has 0 atom stereocenters. The van der Waals surface area contributed by atoms with Crippen LogP contribution in [0.4, 0.5) is 11.4 Å². The molecule has 0 unspecified atom stereocenters. The number of hydrogen-bond acceptors (Lipinski definition) is 3. The summed E-state index contributed by atoms with van der Waals surface area (Å²) in [7, 11) is 0. The van der Waals surface area contributed by atoms with E-state index in [9.17, 15) is 4.79 Å². The van der Waals surface area contributed by atoms with Crippen molar-refractivity contribution in [2.24, 2.45) is 0 Å². The molecule has 1 saturated heterocycles. The Hall–Kier alpha value is -1.55. The number of carbonyl (C=O) groups excluding carboxylic acids is 1. The summed E-state index contributed by atoms with van der Waals surface area (Å²) in [5, 5.41) is 5.88. The van der Waals surface area contributed by atoms with Crippen LogP contribution in [0, 0.1) is 0 Å². The molecule has 1 aliphatic rings. The van der Waals surface area contributed by atoms with E-state index in [1.165, 1.54) is 18.5 Å². The smallest absolute Gasteiger partial charge is 0.238 e. The Balaban J connectivity index is 1.88. The lowest BCUT2D eigenvalue weighted by Gasteiger charge is -2.17. The van der Waals surface area contributed by atoms with Crippen molar-refractivity contribution in [2.45, 2.75) is 19.8 Å². The van der Waals surface area contributed by atoms with Crippen molar-refractivity contribution in [3.05, 3.63) is 24.3 Å². The Kier molecular flexibility index (Phi) is 4.59. The summed E-state index contributed by atoms with van der Waals surface area (Å²) in [5.74, 6) is 0.00534. The van der Waals surface area contributed by atoms with Gasteiger partial charge in [0, 0.05) is 24.5 Å². The minimum atomic E-state index is 0.00534. The number of benzene rings is 1. The number of anilines is 2. The second kappa shape index (κ2) is 6.40. The van der Waals surface area contributed by atoms with E-state index in [0.717, 1.165) is 25.3 Å². The maximum Gasteiger partial charge on any atom is 0.238 e. The van der Waals surface area contributed by atoms with Crippen LogP contribution in [0.2, 0.25) is 0 Å². The number of amides is 1. The van der Waals surface area contributed by atoms with Crippen LogP contribution in [0.5, 0.6) is 0 Å². The summed E-state index contributed by atoms with van der Waals surface area (Å²) in [6.45, 7) is 5.45. The number of carbonyl (C=O) groups is 1. The zero-order valence-corrected chi connectivity index (χ0v) is 10.9. The zero-order valence-electron chi connectivity index (χ0n) is 10.9. The molecule has 1 fully saturated rings. The van der Waals surface area contributed by atoms with E-state index in [2.05, 4.69) is 27.7 Å². The number of nitrogens with one attached hydrogen (secondary N) is 2. The van der Waals surface area contributed by atoms with Crippen LogP contribution in [0.25, 0.3) is 0 Å². The van der Waals surface area contributed by atoms with Crippen molar-refractivity contribution in [2.75, 3.05) is 36.4 Å². The first-order valence-electron chi connectivity index (χ1n) is 6.65. The van der Waals surface area contributed by atoms with Crippen molar-refractivity contribution in [3.63, 3.8) is 0 Å². The summed E-state index contributed by atoms with van der Waals surface area (Å²) >= 11 is 0. The van der Waals surface area contributed by atoms with E-state index in [4.69, 9.17) is 0 Å². The van der Waals surface area contributed by atoms with Crippen LogP contribution in [-0.2, 0) is 4.79 Å². The highest BCUT2D eigenvalue weighted by Crippen LogP contribution is 2.21. The summed E-state index contributed by atoms with van der Waals surface area (Å²) in [6.07, 6.45) is 2.56. The fourth-order valence-electron chi connectivity index (χ4n) is 2.17. The lowest BCUT2D eigenvalue weighted by molar-refractivity contribution is -0.115. The van der Waals surface area contributed by atoms with Crippen molar-refractivity contribution in [1.29, 1.82) is 0 Å². The minimum absolute atomic E-state index is 0.00534. The van der Waals surface area contributed by atoms with Crippen LogP contribution >= 0.6 is 0 Å². The van der Waals surface area contributed by atoms with Gasteiger partial charge < -0.3 is 15.5 Å². The predicted molar refractivity (Wildman–Crippen MR) is 75.1 cm³/mol. The average Bonchev–Trinajstić information content (AvgIpc) is 2.91. The molecule has 4 heteroatoms. The predicted octanol–water partition coefficient (Wildman–Crippen LogP) is 1.83. The van der Waals surface area contributed by atoms with Crippen LogP contribution in [0.3, 0.4) is 0 Å². The van der Waals surface area contributed by atoms with E-state index in [1.807, 2.05) is 19.1 Å². The fraction of sp³-hybridized carbons (Fsp3) is 0.500. The first-order valence-corrected chi connectivity index (χ1v) is 6.65. The molecule has 1 heterocycles. The number of hydrogen-bond donors (Lipinski definition) is 2. The lowest BCUT2D eigenvalue weighted by Crippen LogP contribution is -2.27. The lowest BCUT2D eigenvalue weighted by atomic mass is 10.2. The monoisotopic (exact) mass is 247 g/mol. The van der Waals surface area contributed by atoms with Crippen molar-refractivity contribution in [3.8, 4) is 0 Å². The second-order valence-electron chi connectivity index (χ2n) is 4.57. The van der Waals surface area contributed by atoms with Gasteiger partial charge in [0.2, 0.25) is 5.91 Å². The average molecular weight is 247 g/mol. The molecular weight excluding hydrogens is 226 g/mol. The third kappa shape index (κ3) is 3.47. The van der Waals surface area contributed by atoms with Gasteiger partial charge in [-0.15, -0.1) is 0 Å². The van der Waals surface area contributed by atoms with Gasteiger partial charge >= 0.3 is 0 Å². The van der Waals surface area contributed by atoms with Crippen LogP contribution in [0.1, 0.15) is 19.8 Å². The molecule has 0 radical (unpaired) electrons. The summed E-state index contributed by atoms with van der Waals surface area (Å²) in [5.41, 5.74) is 2.11. The quantitative estimate of drug-likeness (QED) is 0.834.